The van der Waals surface area contributed by atoms with Crippen molar-refractivity contribution in [3.05, 3.63) is 78.8 Å². The molecule has 0 atom stereocenters. The number of aromatic nitrogens is 3. The van der Waals surface area contributed by atoms with E-state index >= 15 is 0 Å². The molecule has 1 N–H and O–H groups in total. The van der Waals surface area contributed by atoms with E-state index in [-0.39, 0.29) is 11.6 Å². The molecule has 6 heteroatoms. The monoisotopic (exact) mass is 322 g/mol. The maximum absolute atomic E-state index is 13.2. The Labute approximate surface area is 136 Å². The summed E-state index contributed by atoms with van der Waals surface area (Å²) in [6.07, 6.45) is 5.07. The lowest BCUT2D eigenvalue weighted by atomic mass is 10.1. The van der Waals surface area contributed by atoms with Gasteiger partial charge in [-0.3, -0.25) is 9.38 Å². The van der Waals surface area contributed by atoms with Gasteiger partial charge in [-0.05, 0) is 48.5 Å². The van der Waals surface area contributed by atoms with E-state index in [1.54, 1.807) is 42.9 Å². The first-order valence-electron chi connectivity index (χ1n) is 7.31. The standard InChI is InChI=1S/C18H12F2N4/c19-13-3-1-12(2-4-13)17-18(22-15-7-5-14(20)6-8-15)24-10-9-21-11-16(24)23-17/h1-11,22H. The molecule has 0 amide bonds. The van der Waals surface area contributed by atoms with E-state index in [9.17, 15) is 8.78 Å². The molecule has 0 saturated carbocycles. The summed E-state index contributed by atoms with van der Waals surface area (Å²) >= 11 is 0. The van der Waals surface area contributed by atoms with Gasteiger partial charge in [0.25, 0.3) is 0 Å². The van der Waals surface area contributed by atoms with Gasteiger partial charge in [-0.1, -0.05) is 0 Å². The largest absolute Gasteiger partial charge is 0.339 e. The highest BCUT2D eigenvalue weighted by Crippen LogP contribution is 2.31. The van der Waals surface area contributed by atoms with Gasteiger partial charge in [0.05, 0.1) is 6.20 Å². The highest BCUT2D eigenvalue weighted by molar-refractivity contribution is 5.79. The molecule has 118 valence electrons. The first-order valence-corrected chi connectivity index (χ1v) is 7.31. The molecule has 24 heavy (non-hydrogen) atoms. The minimum atomic E-state index is -0.308. The Hall–Kier alpha value is -3.28. The van der Waals surface area contributed by atoms with Crippen molar-refractivity contribution in [2.75, 3.05) is 5.32 Å². The van der Waals surface area contributed by atoms with Crippen LogP contribution in [-0.2, 0) is 0 Å². The minimum Gasteiger partial charge on any atom is -0.339 e. The van der Waals surface area contributed by atoms with Gasteiger partial charge in [-0.15, -0.1) is 0 Å². The highest BCUT2D eigenvalue weighted by atomic mass is 19.1. The number of rotatable bonds is 3. The molecule has 0 aliphatic rings. The van der Waals surface area contributed by atoms with E-state index in [0.717, 1.165) is 11.3 Å². The molecule has 0 aliphatic carbocycles. The molecule has 0 fully saturated rings. The van der Waals surface area contributed by atoms with Gasteiger partial charge in [0.1, 0.15) is 23.1 Å². The highest BCUT2D eigenvalue weighted by Gasteiger charge is 2.14. The van der Waals surface area contributed by atoms with Crippen LogP contribution < -0.4 is 5.32 Å². The summed E-state index contributed by atoms with van der Waals surface area (Å²) in [6.45, 7) is 0. The van der Waals surface area contributed by atoms with Gasteiger partial charge >= 0.3 is 0 Å². The average molecular weight is 322 g/mol. The molecule has 0 bridgehead atoms. The van der Waals surface area contributed by atoms with Crippen LogP contribution in [0.2, 0.25) is 0 Å². The van der Waals surface area contributed by atoms with Crippen molar-refractivity contribution in [2.45, 2.75) is 0 Å². The molecule has 0 saturated heterocycles. The zero-order chi connectivity index (χ0) is 16.5. The van der Waals surface area contributed by atoms with Crippen LogP contribution in [0.15, 0.2) is 67.1 Å². The Morgan fingerprint density at radius 3 is 2.25 bits per heavy atom. The van der Waals surface area contributed by atoms with Crippen LogP contribution in [0.5, 0.6) is 0 Å². The second-order valence-electron chi connectivity index (χ2n) is 5.25. The molecule has 4 nitrogen and oxygen atoms in total. The SMILES string of the molecule is Fc1ccc(Nc2c(-c3ccc(F)cc3)nc3cnccn23)cc1. The zero-order valence-electron chi connectivity index (χ0n) is 12.4. The van der Waals surface area contributed by atoms with Gasteiger partial charge in [0, 0.05) is 23.6 Å². The van der Waals surface area contributed by atoms with Gasteiger partial charge in [0.2, 0.25) is 0 Å². The Kier molecular flexibility index (Phi) is 3.42. The van der Waals surface area contributed by atoms with Crippen molar-refractivity contribution in [1.82, 2.24) is 14.4 Å². The number of imidazole rings is 1. The van der Waals surface area contributed by atoms with E-state index in [0.29, 0.717) is 17.2 Å². The first-order chi connectivity index (χ1) is 11.7. The molecular formula is C18H12F2N4. The lowest BCUT2D eigenvalue weighted by Crippen LogP contribution is -1.97. The Morgan fingerprint density at radius 1 is 0.875 bits per heavy atom. The number of halogens is 2. The van der Waals surface area contributed by atoms with E-state index in [1.807, 2.05) is 4.40 Å². The fourth-order valence-electron chi connectivity index (χ4n) is 2.51. The van der Waals surface area contributed by atoms with E-state index in [1.165, 1.54) is 24.3 Å². The second kappa shape index (κ2) is 5.73. The maximum atomic E-state index is 13.2. The number of anilines is 2. The van der Waals surface area contributed by atoms with Crippen LogP contribution in [0.4, 0.5) is 20.3 Å². The van der Waals surface area contributed by atoms with Crippen LogP contribution in [-0.4, -0.2) is 14.4 Å². The normalized spacial score (nSPS) is 10.9. The van der Waals surface area contributed by atoms with E-state index in [2.05, 4.69) is 15.3 Å². The third-order valence-electron chi connectivity index (χ3n) is 3.65. The molecule has 2 aromatic carbocycles. The predicted octanol–water partition coefficient (Wildman–Crippen LogP) is 4.42. The van der Waals surface area contributed by atoms with Crippen molar-refractivity contribution in [1.29, 1.82) is 0 Å². The third kappa shape index (κ3) is 2.58. The summed E-state index contributed by atoms with van der Waals surface area (Å²) in [4.78, 5) is 8.64. The van der Waals surface area contributed by atoms with Crippen LogP contribution >= 0.6 is 0 Å². The van der Waals surface area contributed by atoms with Gasteiger partial charge < -0.3 is 5.32 Å². The summed E-state index contributed by atoms with van der Waals surface area (Å²) in [6, 6.07) is 12.2. The van der Waals surface area contributed by atoms with Crippen LogP contribution in [0.1, 0.15) is 0 Å². The summed E-state index contributed by atoms with van der Waals surface area (Å²) in [5.74, 6) is 0.0875. The molecule has 2 aromatic heterocycles. The van der Waals surface area contributed by atoms with Crippen LogP contribution in [0.3, 0.4) is 0 Å². The van der Waals surface area contributed by atoms with Crippen molar-refractivity contribution >= 4 is 17.2 Å². The van der Waals surface area contributed by atoms with E-state index in [4.69, 9.17) is 0 Å². The van der Waals surface area contributed by atoms with Gasteiger partial charge in [0.15, 0.2) is 5.65 Å². The molecule has 0 unspecified atom stereocenters. The summed E-state index contributed by atoms with van der Waals surface area (Å²) < 4.78 is 28.2. The number of nitrogens with one attached hydrogen (secondary N) is 1. The summed E-state index contributed by atoms with van der Waals surface area (Å²) in [5.41, 5.74) is 2.80. The molecule has 4 aromatic rings. The van der Waals surface area contributed by atoms with E-state index < -0.39 is 0 Å². The van der Waals surface area contributed by atoms with Crippen molar-refractivity contribution in [2.24, 2.45) is 0 Å². The number of benzene rings is 2. The van der Waals surface area contributed by atoms with Crippen molar-refractivity contribution < 1.29 is 8.78 Å². The minimum absolute atomic E-state index is 0.304. The predicted molar refractivity (Wildman–Crippen MR) is 88.1 cm³/mol. The number of fused-ring (bicyclic) bond motifs is 1. The number of nitrogens with zero attached hydrogens (tertiary/aromatic N) is 3. The Balaban J connectivity index is 1.86. The number of hydrogen-bond acceptors (Lipinski definition) is 3. The Morgan fingerprint density at radius 2 is 1.54 bits per heavy atom. The van der Waals surface area contributed by atoms with Crippen molar-refractivity contribution in [3.63, 3.8) is 0 Å². The second-order valence-corrected chi connectivity index (χ2v) is 5.25. The molecule has 0 aliphatic heterocycles. The van der Waals surface area contributed by atoms with Crippen LogP contribution in [0.25, 0.3) is 16.9 Å². The molecule has 2 heterocycles. The van der Waals surface area contributed by atoms with Crippen molar-refractivity contribution in [3.8, 4) is 11.3 Å². The summed E-state index contributed by atoms with van der Waals surface area (Å²) in [7, 11) is 0. The maximum Gasteiger partial charge on any atom is 0.157 e. The first kappa shape index (κ1) is 14.3. The summed E-state index contributed by atoms with van der Waals surface area (Å²) in [5, 5.41) is 3.25. The molecular weight excluding hydrogens is 310 g/mol. The molecule has 4 rings (SSSR count). The van der Waals surface area contributed by atoms with Gasteiger partial charge in [-0.25, -0.2) is 13.8 Å². The fourth-order valence-corrected chi connectivity index (χ4v) is 2.51. The average Bonchev–Trinajstić information content (AvgIpc) is 2.96. The smallest absolute Gasteiger partial charge is 0.157 e. The van der Waals surface area contributed by atoms with Gasteiger partial charge in [-0.2, -0.15) is 0 Å². The lowest BCUT2D eigenvalue weighted by molar-refractivity contribution is 0.627. The fraction of sp³-hybridized carbons (Fsp3) is 0. The quantitative estimate of drug-likeness (QED) is 0.607. The number of hydrogen-bond donors (Lipinski definition) is 1. The molecule has 0 spiro atoms. The third-order valence-corrected chi connectivity index (χ3v) is 3.65. The Bertz CT molecular complexity index is 992. The molecule has 0 radical (unpaired) electrons. The topological polar surface area (TPSA) is 42.2 Å². The van der Waals surface area contributed by atoms with Crippen LogP contribution in [0, 0.1) is 11.6 Å². The lowest BCUT2D eigenvalue weighted by Gasteiger charge is -2.09. The zero-order valence-corrected chi connectivity index (χ0v) is 12.4.